The Balaban J connectivity index is 2.41. The zero-order valence-corrected chi connectivity index (χ0v) is 9.38. The van der Waals surface area contributed by atoms with Crippen molar-refractivity contribution in [3.8, 4) is 0 Å². The van der Waals surface area contributed by atoms with Gasteiger partial charge in [-0.25, -0.2) is 4.68 Å². The molecule has 0 aliphatic carbocycles. The summed E-state index contributed by atoms with van der Waals surface area (Å²) in [4.78, 5) is 12.4. The van der Waals surface area contributed by atoms with Crippen LogP contribution in [0.15, 0.2) is 0 Å². The lowest BCUT2D eigenvalue weighted by Gasteiger charge is -2.15. The van der Waals surface area contributed by atoms with Gasteiger partial charge in [-0.2, -0.15) is 5.10 Å². The Morgan fingerprint density at radius 1 is 1.62 bits per heavy atom. The van der Waals surface area contributed by atoms with Gasteiger partial charge in [-0.1, -0.05) is 0 Å². The van der Waals surface area contributed by atoms with E-state index in [0.717, 1.165) is 6.41 Å². The molecule has 1 aliphatic heterocycles. The van der Waals surface area contributed by atoms with Crippen LogP contribution in [-0.2, 0) is 16.1 Å². The van der Waals surface area contributed by atoms with Crippen LogP contribution in [0.25, 0.3) is 0 Å². The molecule has 6 nitrogen and oxygen atoms in total. The molecule has 1 aromatic heterocycles. The first-order valence-corrected chi connectivity index (χ1v) is 5.28. The fourth-order valence-corrected chi connectivity index (χ4v) is 1.98. The highest BCUT2D eigenvalue weighted by Crippen LogP contribution is 2.32. The van der Waals surface area contributed by atoms with Crippen molar-refractivity contribution in [2.45, 2.75) is 26.7 Å². The van der Waals surface area contributed by atoms with Crippen LogP contribution in [0.2, 0.25) is 0 Å². The molecule has 0 spiro atoms. The summed E-state index contributed by atoms with van der Waals surface area (Å²) in [5, 5.41) is 14.1. The second-order valence-corrected chi connectivity index (χ2v) is 3.65. The van der Waals surface area contributed by atoms with Crippen LogP contribution in [-0.4, -0.2) is 34.4 Å². The highest BCUT2D eigenvalue weighted by Gasteiger charge is 2.29. The molecule has 88 valence electrons. The summed E-state index contributed by atoms with van der Waals surface area (Å²) < 4.78 is 6.87. The lowest BCUT2D eigenvalue weighted by Crippen LogP contribution is -2.20. The summed E-state index contributed by atoms with van der Waals surface area (Å²) in [6, 6.07) is 0. The van der Waals surface area contributed by atoms with Crippen molar-refractivity contribution in [1.82, 2.24) is 9.78 Å². The number of fused-ring (bicyclic) bond motifs is 1. The van der Waals surface area contributed by atoms with Gasteiger partial charge in [0.05, 0.1) is 17.8 Å². The minimum absolute atomic E-state index is 0.409. The number of aromatic nitrogens is 2. The van der Waals surface area contributed by atoms with Gasteiger partial charge in [-0.05, 0) is 13.8 Å². The molecule has 0 saturated carbocycles. The van der Waals surface area contributed by atoms with Crippen molar-refractivity contribution < 1.29 is 14.6 Å². The number of ether oxygens (including phenoxy) is 1. The molecule has 0 radical (unpaired) electrons. The first kappa shape index (κ1) is 11.1. The minimum atomic E-state index is -1.02. The predicted octanol–water partition coefficient (Wildman–Crippen LogP) is 0.195. The average Bonchev–Trinajstić information content (AvgIpc) is 2.75. The highest BCUT2D eigenvalue weighted by molar-refractivity contribution is 5.76. The SMILES string of the molecule is CCO[C@H](O)c1c(C)nn2c1N(C=O)CC2. The molecule has 0 aromatic carbocycles. The summed E-state index contributed by atoms with van der Waals surface area (Å²) in [5.41, 5.74) is 1.29. The summed E-state index contributed by atoms with van der Waals surface area (Å²) in [6.45, 7) is 5.27. The second-order valence-electron chi connectivity index (χ2n) is 3.65. The number of anilines is 1. The standard InChI is InChI=1S/C10H15N3O3/c1-3-16-10(15)8-7(2)11-13-5-4-12(6-14)9(8)13/h6,10,15H,3-5H2,1-2H3/t10-/m0/s1. The molecule has 0 fully saturated rings. The molecular formula is C10H15N3O3. The van der Waals surface area contributed by atoms with Crippen molar-refractivity contribution in [1.29, 1.82) is 0 Å². The average molecular weight is 225 g/mol. The van der Waals surface area contributed by atoms with Gasteiger partial charge in [-0.15, -0.1) is 0 Å². The smallest absolute Gasteiger partial charge is 0.215 e. The lowest BCUT2D eigenvalue weighted by molar-refractivity contribution is -0.107. The zero-order chi connectivity index (χ0) is 11.7. The van der Waals surface area contributed by atoms with E-state index in [1.807, 2.05) is 0 Å². The number of aliphatic hydroxyl groups excluding tert-OH is 1. The van der Waals surface area contributed by atoms with Gasteiger partial charge in [0.25, 0.3) is 0 Å². The maximum Gasteiger partial charge on any atom is 0.215 e. The number of carbonyl (C=O) groups is 1. The summed E-state index contributed by atoms with van der Waals surface area (Å²) in [6.07, 6.45) is -0.267. The number of aliphatic hydroxyl groups is 1. The topological polar surface area (TPSA) is 67.6 Å². The van der Waals surface area contributed by atoms with E-state index in [1.54, 1.807) is 18.5 Å². The van der Waals surface area contributed by atoms with E-state index in [0.29, 0.717) is 36.8 Å². The fourth-order valence-electron chi connectivity index (χ4n) is 1.98. The van der Waals surface area contributed by atoms with Crippen LogP contribution >= 0.6 is 0 Å². The second kappa shape index (κ2) is 4.23. The molecule has 6 heteroatoms. The Labute approximate surface area is 93.4 Å². The van der Waals surface area contributed by atoms with E-state index in [1.165, 1.54) is 4.90 Å². The first-order chi connectivity index (χ1) is 7.69. The van der Waals surface area contributed by atoms with Crippen LogP contribution < -0.4 is 4.90 Å². The molecule has 2 rings (SSSR count). The molecule has 0 bridgehead atoms. The maximum absolute atomic E-state index is 10.9. The van der Waals surface area contributed by atoms with Crippen LogP contribution in [0.3, 0.4) is 0 Å². The molecule has 0 saturated heterocycles. The van der Waals surface area contributed by atoms with E-state index in [2.05, 4.69) is 5.10 Å². The van der Waals surface area contributed by atoms with E-state index in [4.69, 9.17) is 4.74 Å². The third-order valence-electron chi connectivity index (χ3n) is 2.67. The normalized spacial score (nSPS) is 16.3. The van der Waals surface area contributed by atoms with E-state index < -0.39 is 6.29 Å². The molecule has 1 amide bonds. The quantitative estimate of drug-likeness (QED) is 0.587. The van der Waals surface area contributed by atoms with Crippen LogP contribution in [0.1, 0.15) is 24.5 Å². The number of rotatable bonds is 4. The number of hydrogen-bond acceptors (Lipinski definition) is 4. The van der Waals surface area contributed by atoms with Crippen molar-refractivity contribution in [3.05, 3.63) is 11.3 Å². The van der Waals surface area contributed by atoms with Gasteiger partial charge in [0.1, 0.15) is 5.82 Å². The van der Waals surface area contributed by atoms with Crippen LogP contribution in [0, 0.1) is 6.92 Å². The van der Waals surface area contributed by atoms with Crippen molar-refractivity contribution in [3.63, 3.8) is 0 Å². The summed E-state index contributed by atoms with van der Waals surface area (Å²) in [5.74, 6) is 0.647. The number of hydrogen-bond donors (Lipinski definition) is 1. The van der Waals surface area contributed by atoms with Gasteiger partial charge in [0.15, 0.2) is 6.29 Å². The third kappa shape index (κ3) is 1.60. The summed E-state index contributed by atoms with van der Waals surface area (Å²) >= 11 is 0. The van der Waals surface area contributed by atoms with Crippen molar-refractivity contribution in [2.75, 3.05) is 18.1 Å². The maximum atomic E-state index is 10.9. The molecule has 1 N–H and O–H groups in total. The lowest BCUT2D eigenvalue weighted by atomic mass is 10.2. The van der Waals surface area contributed by atoms with E-state index in [-0.39, 0.29) is 0 Å². The zero-order valence-electron chi connectivity index (χ0n) is 9.38. The van der Waals surface area contributed by atoms with Crippen molar-refractivity contribution >= 4 is 12.2 Å². The van der Waals surface area contributed by atoms with Gasteiger partial charge in [0.2, 0.25) is 6.41 Å². The molecular weight excluding hydrogens is 210 g/mol. The van der Waals surface area contributed by atoms with E-state index >= 15 is 0 Å². The Kier molecular flexibility index (Phi) is 2.93. The molecule has 1 aromatic rings. The Hall–Kier alpha value is -1.40. The molecule has 16 heavy (non-hydrogen) atoms. The van der Waals surface area contributed by atoms with E-state index in [9.17, 15) is 9.90 Å². The molecule has 2 heterocycles. The van der Waals surface area contributed by atoms with Gasteiger partial charge < -0.3 is 9.84 Å². The monoisotopic (exact) mass is 225 g/mol. The number of aryl methyl sites for hydroxylation is 1. The summed E-state index contributed by atoms with van der Waals surface area (Å²) in [7, 11) is 0. The van der Waals surface area contributed by atoms with Gasteiger partial charge in [0, 0.05) is 13.2 Å². The predicted molar refractivity (Wildman–Crippen MR) is 57.0 cm³/mol. The third-order valence-corrected chi connectivity index (χ3v) is 2.67. The minimum Gasteiger partial charge on any atom is -0.364 e. The Morgan fingerprint density at radius 2 is 2.38 bits per heavy atom. The Bertz CT molecular complexity index is 402. The van der Waals surface area contributed by atoms with Crippen molar-refractivity contribution in [2.24, 2.45) is 0 Å². The van der Waals surface area contributed by atoms with Crippen LogP contribution in [0.4, 0.5) is 5.82 Å². The molecule has 1 atom stereocenters. The number of amides is 1. The van der Waals surface area contributed by atoms with Gasteiger partial charge >= 0.3 is 0 Å². The van der Waals surface area contributed by atoms with Gasteiger partial charge in [-0.3, -0.25) is 9.69 Å². The van der Waals surface area contributed by atoms with Crippen LogP contribution in [0.5, 0.6) is 0 Å². The molecule has 1 aliphatic rings. The first-order valence-electron chi connectivity index (χ1n) is 5.28. The molecule has 0 unspecified atom stereocenters. The highest BCUT2D eigenvalue weighted by atomic mass is 16.6. The largest absolute Gasteiger partial charge is 0.364 e. The number of carbonyl (C=O) groups excluding carboxylic acids is 1. The number of nitrogens with zero attached hydrogens (tertiary/aromatic N) is 3. The Morgan fingerprint density at radius 3 is 3.00 bits per heavy atom. The fraction of sp³-hybridized carbons (Fsp3) is 0.600.